The first-order valence-corrected chi connectivity index (χ1v) is 10.6. The third-order valence-corrected chi connectivity index (χ3v) is 5.98. The molecule has 0 saturated carbocycles. The van der Waals surface area contributed by atoms with Gasteiger partial charge in [0.15, 0.2) is 0 Å². The van der Waals surface area contributed by atoms with E-state index >= 15 is 0 Å². The number of carbonyl (C=O) groups excluding carboxylic acids is 1. The largest absolute Gasteiger partial charge is 0.490 e. The lowest BCUT2D eigenvalue weighted by Gasteiger charge is -2.19. The Morgan fingerprint density at radius 1 is 1.00 bits per heavy atom. The molecule has 0 radical (unpaired) electrons. The van der Waals surface area contributed by atoms with Crippen molar-refractivity contribution in [2.45, 2.75) is 36.4 Å². The Balaban J connectivity index is 0.000000344. The van der Waals surface area contributed by atoms with Crippen molar-refractivity contribution in [2.24, 2.45) is 5.73 Å². The number of alkyl halides is 3. The normalized spacial score (nSPS) is 24.9. The van der Waals surface area contributed by atoms with Crippen LogP contribution in [0, 0.1) is 0 Å². The molecule has 11 heteroatoms. The maximum absolute atomic E-state index is 12.4. The Hall–Kier alpha value is -3.15. The third-order valence-electron chi connectivity index (χ3n) is 5.98. The maximum Gasteiger partial charge on any atom is 0.490 e. The zero-order chi connectivity index (χ0) is 24.5. The van der Waals surface area contributed by atoms with Crippen LogP contribution in [0.25, 0.3) is 11.1 Å². The highest BCUT2D eigenvalue weighted by molar-refractivity contribution is 5.79. The van der Waals surface area contributed by atoms with Gasteiger partial charge in [-0.15, -0.1) is 0 Å². The number of rotatable bonds is 3. The van der Waals surface area contributed by atoms with E-state index in [2.05, 4.69) is 29.6 Å². The number of fused-ring (bicyclic) bond motifs is 4. The zero-order valence-corrected chi connectivity index (χ0v) is 17.8. The van der Waals surface area contributed by atoms with Crippen molar-refractivity contribution in [2.75, 3.05) is 19.8 Å². The molecule has 0 spiro atoms. The highest BCUT2D eigenvalue weighted by Crippen LogP contribution is 2.44. The smallest absolute Gasteiger partial charge is 0.475 e. The van der Waals surface area contributed by atoms with Crippen LogP contribution in [0.2, 0.25) is 0 Å². The topological polar surface area (TPSA) is 120 Å². The SMILES string of the molecule is NC1COC2C(NC(=O)OCC3c4ccccc4-c4ccccc43)COC12.O=C(O)C(F)(F)F. The van der Waals surface area contributed by atoms with Crippen LogP contribution >= 0.6 is 0 Å². The minimum atomic E-state index is -5.08. The molecule has 0 aromatic heterocycles. The first-order chi connectivity index (χ1) is 16.2. The Bertz CT molecular complexity index is 1020. The Kier molecular flexibility index (Phi) is 6.78. The summed E-state index contributed by atoms with van der Waals surface area (Å²) in [6, 6.07) is 16.2. The number of carbonyl (C=O) groups is 2. The van der Waals surface area contributed by atoms with Crippen molar-refractivity contribution in [1.82, 2.24) is 5.32 Å². The first kappa shape index (κ1) is 24.0. The fourth-order valence-corrected chi connectivity index (χ4v) is 4.44. The van der Waals surface area contributed by atoms with Crippen molar-refractivity contribution in [3.05, 3.63) is 59.7 Å². The Morgan fingerprint density at radius 2 is 1.53 bits per heavy atom. The number of hydrogen-bond donors (Lipinski definition) is 3. The quantitative estimate of drug-likeness (QED) is 0.618. The Labute approximate surface area is 192 Å². The van der Waals surface area contributed by atoms with Gasteiger partial charge in [-0.05, 0) is 22.3 Å². The van der Waals surface area contributed by atoms with E-state index in [4.69, 9.17) is 29.8 Å². The summed E-state index contributed by atoms with van der Waals surface area (Å²) < 4.78 is 48.6. The fraction of sp³-hybridized carbons (Fsp3) is 0.391. The minimum absolute atomic E-state index is 0.0480. The number of carboxylic acids is 1. The number of benzene rings is 2. The summed E-state index contributed by atoms with van der Waals surface area (Å²) in [7, 11) is 0. The minimum Gasteiger partial charge on any atom is -0.475 e. The summed E-state index contributed by atoms with van der Waals surface area (Å²) in [6.45, 7) is 1.15. The molecular weight excluding hydrogens is 457 g/mol. The number of hydrogen-bond acceptors (Lipinski definition) is 6. The Morgan fingerprint density at radius 3 is 2.09 bits per heavy atom. The average Bonchev–Trinajstić information content (AvgIpc) is 3.46. The van der Waals surface area contributed by atoms with E-state index in [1.54, 1.807) is 0 Å². The highest BCUT2D eigenvalue weighted by Gasteiger charge is 2.47. The molecule has 4 atom stereocenters. The van der Waals surface area contributed by atoms with Crippen LogP contribution in [0.1, 0.15) is 17.0 Å². The number of aliphatic carboxylic acids is 1. The van der Waals surface area contributed by atoms with Crippen molar-refractivity contribution >= 4 is 12.1 Å². The predicted molar refractivity (Wildman–Crippen MR) is 113 cm³/mol. The van der Waals surface area contributed by atoms with Gasteiger partial charge < -0.3 is 30.4 Å². The molecule has 2 aliphatic heterocycles. The number of alkyl carbamates (subject to hydrolysis) is 1. The molecule has 1 amide bonds. The monoisotopic (exact) mass is 480 g/mol. The lowest BCUT2D eigenvalue weighted by molar-refractivity contribution is -0.192. The second-order valence-electron chi connectivity index (χ2n) is 8.14. The van der Waals surface area contributed by atoms with Gasteiger partial charge >= 0.3 is 18.2 Å². The summed E-state index contributed by atoms with van der Waals surface area (Å²) >= 11 is 0. The van der Waals surface area contributed by atoms with Crippen molar-refractivity contribution in [3.63, 3.8) is 0 Å². The van der Waals surface area contributed by atoms with Crippen LogP contribution in [-0.2, 0) is 19.0 Å². The van der Waals surface area contributed by atoms with Crippen molar-refractivity contribution < 1.29 is 42.1 Å². The maximum atomic E-state index is 12.4. The molecule has 182 valence electrons. The van der Waals surface area contributed by atoms with Crippen LogP contribution in [0.3, 0.4) is 0 Å². The molecule has 1 aliphatic carbocycles. The summed E-state index contributed by atoms with van der Waals surface area (Å²) in [5.41, 5.74) is 10.8. The molecular formula is C23H23F3N2O6. The van der Waals surface area contributed by atoms with Crippen molar-refractivity contribution in [1.29, 1.82) is 0 Å². The van der Waals surface area contributed by atoms with Gasteiger partial charge in [0.2, 0.25) is 0 Å². The molecule has 0 bridgehead atoms. The van der Waals surface area contributed by atoms with Gasteiger partial charge in [0.05, 0.1) is 25.3 Å². The van der Waals surface area contributed by atoms with Crippen LogP contribution < -0.4 is 11.1 Å². The van der Waals surface area contributed by atoms with Gasteiger partial charge in [0.25, 0.3) is 0 Å². The van der Waals surface area contributed by atoms with E-state index in [1.165, 1.54) is 22.3 Å². The molecule has 3 aliphatic rings. The third kappa shape index (κ3) is 4.86. The number of halogens is 3. The van der Waals surface area contributed by atoms with E-state index in [9.17, 15) is 18.0 Å². The number of carboxylic acid groups (broad SMARTS) is 1. The van der Waals surface area contributed by atoms with E-state index in [-0.39, 0.29) is 30.2 Å². The number of nitrogens with one attached hydrogen (secondary N) is 1. The second-order valence-corrected chi connectivity index (χ2v) is 8.14. The standard InChI is InChI=1S/C21H22N2O4.C2HF3O2/c22-17-10-25-20-18(11-26-19(17)20)23-21(24)27-9-16-14-7-3-1-5-12(14)13-6-2-4-8-15(13)16;3-2(4,5)1(6)7/h1-8,16-20H,9-11,22H2,(H,23,24);(H,6,7). The van der Waals surface area contributed by atoms with Gasteiger partial charge in [0.1, 0.15) is 18.8 Å². The van der Waals surface area contributed by atoms with Gasteiger partial charge in [-0.1, -0.05) is 48.5 Å². The van der Waals surface area contributed by atoms with Gasteiger partial charge in [0, 0.05) is 5.92 Å². The summed E-state index contributed by atoms with van der Waals surface area (Å²) in [4.78, 5) is 21.3. The molecule has 4 N–H and O–H groups in total. The predicted octanol–water partition coefficient (Wildman–Crippen LogP) is 2.65. The molecule has 4 unspecified atom stereocenters. The van der Waals surface area contributed by atoms with Gasteiger partial charge in [-0.3, -0.25) is 0 Å². The summed E-state index contributed by atoms with van der Waals surface area (Å²) in [5.74, 6) is -2.71. The summed E-state index contributed by atoms with van der Waals surface area (Å²) in [6.07, 6.45) is -5.88. The number of nitrogens with two attached hydrogens (primary N) is 1. The van der Waals surface area contributed by atoms with E-state index < -0.39 is 18.2 Å². The highest BCUT2D eigenvalue weighted by atomic mass is 19.4. The lowest BCUT2D eigenvalue weighted by Crippen LogP contribution is -2.45. The van der Waals surface area contributed by atoms with Crippen LogP contribution in [-0.4, -0.2) is 67.5 Å². The van der Waals surface area contributed by atoms with Gasteiger partial charge in [-0.25, -0.2) is 9.59 Å². The fourth-order valence-electron chi connectivity index (χ4n) is 4.44. The molecule has 2 fully saturated rings. The zero-order valence-electron chi connectivity index (χ0n) is 17.8. The molecule has 34 heavy (non-hydrogen) atoms. The molecule has 2 aromatic rings. The van der Waals surface area contributed by atoms with Crippen LogP contribution in [0.5, 0.6) is 0 Å². The van der Waals surface area contributed by atoms with Crippen LogP contribution in [0.4, 0.5) is 18.0 Å². The second kappa shape index (κ2) is 9.61. The van der Waals surface area contributed by atoms with Crippen molar-refractivity contribution in [3.8, 4) is 11.1 Å². The van der Waals surface area contributed by atoms with E-state index in [0.717, 1.165) is 0 Å². The van der Waals surface area contributed by atoms with E-state index in [0.29, 0.717) is 19.8 Å². The van der Waals surface area contributed by atoms with Crippen LogP contribution in [0.15, 0.2) is 48.5 Å². The summed E-state index contributed by atoms with van der Waals surface area (Å²) in [5, 5.41) is 10.0. The molecule has 2 aromatic carbocycles. The van der Waals surface area contributed by atoms with E-state index in [1.807, 2.05) is 24.3 Å². The average molecular weight is 480 g/mol. The number of ether oxygens (including phenoxy) is 3. The number of amides is 1. The van der Waals surface area contributed by atoms with Gasteiger partial charge in [-0.2, -0.15) is 13.2 Å². The molecule has 8 nitrogen and oxygen atoms in total. The lowest BCUT2D eigenvalue weighted by atomic mass is 9.98. The first-order valence-electron chi connectivity index (χ1n) is 10.6. The molecule has 5 rings (SSSR count). The molecule has 2 saturated heterocycles. The molecule has 2 heterocycles.